The summed E-state index contributed by atoms with van der Waals surface area (Å²) < 4.78 is 14.2. The monoisotopic (exact) mass is 399 g/mol. The third-order valence-corrected chi connectivity index (χ3v) is 5.20. The van der Waals surface area contributed by atoms with Crippen LogP contribution in [0.3, 0.4) is 0 Å². The Bertz CT molecular complexity index is 893. The van der Waals surface area contributed by atoms with Gasteiger partial charge in [-0.3, -0.25) is 19.5 Å². The lowest BCUT2D eigenvalue weighted by Crippen LogP contribution is -2.44. The molecule has 154 valence electrons. The summed E-state index contributed by atoms with van der Waals surface area (Å²) in [5.41, 5.74) is 2.66. The van der Waals surface area contributed by atoms with Gasteiger partial charge in [-0.1, -0.05) is 0 Å². The molecule has 0 atom stereocenters. The number of piperazine rings is 1. The number of nitrogens with one attached hydrogen (secondary N) is 2. The number of carbonyl (C=O) groups is 2. The summed E-state index contributed by atoms with van der Waals surface area (Å²) in [6, 6.07) is 5.85. The Morgan fingerprint density at radius 3 is 2.48 bits per heavy atom. The van der Waals surface area contributed by atoms with Crippen LogP contribution in [0.2, 0.25) is 0 Å². The Kier molecular flexibility index (Phi) is 6.56. The van der Waals surface area contributed by atoms with Crippen LogP contribution in [0.25, 0.3) is 0 Å². The smallest absolute Gasteiger partial charge is 0.269 e. The van der Waals surface area contributed by atoms with E-state index in [0.29, 0.717) is 17.8 Å². The van der Waals surface area contributed by atoms with Gasteiger partial charge in [-0.25, -0.2) is 4.39 Å². The van der Waals surface area contributed by atoms with E-state index in [9.17, 15) is 14.0 Å². The van der Waals surface area contributed by atoms with Gasteiger partial charge in [0.25, 0.3) is 11.8 Å². The number of nitrogens with zero attached hydrogens (tertiary/aromatic N) is 3. The van der Waals surface area contributed by atoms with Gasteiger partial charge in [0.15, 0.2) is 0 Å². The minimum absolute atomic E-state index is 0.223. The van der Waals surface area contributed by atoms with Crippen molar-refractivity contribution in [3.63, 3.8) is 0 Å². The van der Waals surface area contributed by atoms with Crippen molar-refractivity contribution in [2.24, 2.45) is 0 Å². The minimum Gasteiger partial charge on any atom is -0.354 e. The predicted molar refractivity (Wildman–Crippen MR) is 109 cm³/mol. The van der Waals surface area contributed by atoms with Crippen molar-refractivity contribution in [1.82, 2.24) is 20.1 Å². The highest BCUT2D eigenvalue weighted by Crippen LogP contribution is 2.23. The van der Waals surface area contributed by atoms with Crippen LogP contribution in [-0.4, -0.2) is 66.9 Å². The van der Waals surface area contributed by atoms with E-state index in [1.54, 1.807) is 0 Å². The number of rotatable bonds is 5. The Morgan fingerprint density at radius 2 is 1.86 bits per heavy atom. The van der Waals surface area contributed by atoms with E-state index in [1.807, 2.05) is 6.92 Å². The van der Waals surface area contributed by atoms with Crippen molar-refractivity contribution in [3.8, 4) is 0 Å². The van der Waals surface area contributed by atoms with Crippen LogP contribution in [0.4, 0.5) is 10.1 Å². The molecule has 8 heteroatoms. The van der Waals surface area contributed by atoms with Crippen molar-refractivity contribution in [2.45, 2.75) is 13.5 Å². The second kappa shape index (κ2) is 9.11. The fraction of sp³-hybridized carbons (Fsp3) is 0.381. The fourth-order valence-electron chi connectivity index (χ4n) is 3.26. The number of pyridine rings is 1. The molecule has 1 aliphatic heterocycles. The molecule has 0 spiro atoms. The van der Waals surface area contributed by atoms with Crippen LogP contribution in [-0.2, 0) is 6.54 Å². The normalized spacial score (nSPS) is 15.2. The zero-order valence-corrected chi connectivity index (χ0v) is 17.0. The number of likely N-dealkylation sites (N-methyl/N-ethyl adjacent to an activating group) is 1. The van der Waals surface area contributed by atoms with E-state index in [0.717, 1.165) is 37.3 Å². The molecule has 1 saturated heterocycles. The molecule has 0 saturated carbocycles. The third kappa shape index (κ3) is 5.16. The molecule has 1 aromatic carbocycles. The molecule has 2 N–H and O–H groups in total. The van der Waals surface area contributed by atoms with Crippen LogP contribution < -0.4 is 10.6 Å². The topological polar surface area (TPSA) is 77.6 Å². The molecule has 2 heterocycles. The summed E-state index contributed by atoms with van der Waals surface area (Å²) in [5.74, 6) is -1.12. The predicted octanol–water partition coefficient (Wildman–Crippen LogP) is 1.89. The number of hydrogen-bond acceptors (Lipinski definition) is 5. The van der Waals surface area contributed by atoms with E-state index in [4.69, 9.17) is 0 Å². The first-order chi connectivity index (χ1) is 13.9. The maximum atomic E-state index is 14.2. The lowest BCUT2D eigenvalue weighted by molar-refractivity contribution is 0.0955. The van der Waals surface area contributed by atoms with Crippen LogP contribution in [0.5, 0.6) is 0 Å². The van der Waals surface area contributed by atoms with Gasteiger partial charge in [0.2, 0.25) is 0 Å². The first kappa shape index (κ1) is 20.9. The highest BCUT2D eigenvalue weighted by atomic mass is 19.1. The Labute approximate surface area is 169 Å². The van der Waals surface area contributed by atoms with Crippen LogP contribution >= 0.6 is 0 Å². The number of hydrogen-bond donors (Lipinski definition) is 2. The molecular formula is C21H26FN5O2. The van der Waals surface area contributed by atoms with Crippen LogP contribution in [0.1, 0.15) is 32.0 Å². The molecule has 3 rings (SSSR count). The number of benzene rings is 1. The molecule has 1 aromatic heterocycles. The van der Waals surface area contributed by atoms with Gasteiger partial charge in [-0.15, -0.1) is 0 Å². The number of halogens is 1. The third-order valence-electron chi connectivity index (χ3n) is 5.20. The zero-order chi connectivity index (χ0) is 21.0. The molecule has 0 aliphatic carbocycles. The van der Waals surface area contributed by atoms with Crippen molar-refractivity contribution < 1.29 is 14.0 Å². The largest absolute Gasteiger partial charge is 0.354 e. The lowest BCUT2D eigenvalue weighted by atomic mass is 10.0. The minimum atomic E-state index is -0.403. The highest BCUT2D eigenvalue weighted by Gasteiger charge is 2.18. The maximum absolute atomic E-state index is 14.2. The molecular weight excluding hydrogens is 373 g/mol. The first-order valence-corrected chi connectivity index (χ1v) is 9.57. The summed E-state index contributed by atoms with van der Waals surface area (Å²) in [6.07, 6.45) is 1.33. The average Bonchev–Trinajstić information content (AvgIpc) is 2.72. The summed E-state index contributed by atoms with van der Waals surface area (Å²) in [5, 5.41) is 5.24. The quantitative estimate of drug-likeness (QED) is 0.803. The number of amides is 2. The van der Waals surface area contributed by atoms with Gasteiger partial charge in [0.05, 0.1) is 5.56 Å². The van der Waals surface area contributed by atoms with Gasteiger partial charge >= 0.3 is 0 Å². The Morgan fingerprint density at radius 1 is 1.14 bits per heavy atom. The molecule has 0 radical (unpaired) electrons. The van der Waals surface area contributed by atoms with E-state index in [-0.39, 0.29) is 17.4 Å². The summed E-state index contributed by atoms with van der Waals surface area (Å²) >= 11 is 0. The highest BCUT2D eigenvalue weighted by molar-refractivity contribution is 6.05. The molecule has 0 unspecified atom stereocenters. The van der Waals surface area contributed by atoms with Crippen molar-refractivity contribution in [2.75, 3.05) is 45.6 Å². The molecule has 2 amide bonds. The molecule has 0 bridgehead atoms. The van der Waals surface area contributed by atoms with Gasteiger partial charge in [-0.2, -0.15) is 0 Å². The van der Waals surface area contributed by atoms with Crippen molar-refractivity contribution in [1.29, 1.82) is 0 Å². The van der Waals surface area contributed by atoms with Crippen molar-refractivity contribution in [3.05, 3.63) is 58.7 Å². The standard InChI is InChI=1S/C21H26FN5O2/c1-14-16(13-27-8-6-26(3)7-9-27)10-17(22)11-19(14)25-20(28)15-4-5-18(24-12-15)21(29)23-2/h4-5,10-12H,6-9,13H2,1-3H3,(H,23,29)(H,25,28). The lowest BCUT2D eigenvalue weighted by Gasteiger charge is -2.32. The van der Waals surface area contributed by atoms with E-state index >= 15 is 0 Å². The van der Waals surface area contributed by atoms with Crippen LogP contribution in [0, 0.1) is 12.7 Å². The Hall–Kier alpha value is -2.84. The molecule has 1 aliphatic rings. The van der Waals surface area contributed by atoms with E-state index in [1.165, 1.54) is 37.5 Å². The van der Waals surface area contributed by atoms with Gasteiger partial charge < -0.3 is 15.5 Å². The van der Waals surface area contributed by atoms with Crippen molar-refractivity contribution >= 4 is 17.5 Å². The van der Waals surface area contributed by atoms with Gasteiger partial charge in [0.1, 0.15) is 11.5 Å². The Balaban J connectivity index is 1.74. The average molecular weight is 399 g/mol. The molecule has 1 fully saturated rings. The summed E-state index contributed by atoms with van der Waals surface area (Å²) in [7, 11) is 3.60. The second-order valence-corrected chi connectivity index (χ2v) is 7.28. The van der Waals surface area contributed by atoms with Gasteiger partial charge in [-0.05, 0) is 49.4 Å². The number of aromatic nitrogens is 1. The van der Waals surface area contributed by atoms with E-state index < -0.39 is 5.91 Å². The first-order valence-electron chi connectivity index (χ1n) is 9.57. The molecule has 2 aromatic rings. The summed E-state index contributed by atoms with van der Waals surface area (Å²) in [6.45, 7) is 6.35. The maximum Gasteiger partial charge on any atom is 0.269 e. The number of carbonyl (C=O) groups excluding carboxylic acids is 2. The number of anilines is 1. The molecule has 29 heavy (non-hydrogen) atoms. The van der Waals surface area contributed by atoms with E-state index in [2.05, 4.69) is 32.5 Å². The molecule has 7 nitrogen and oxygen atoms in total. The summed E-state index contributed by atoms with van der Waals surface area (Å²) in [4.78, 5) is 32.7. The zero-order valence-electron chi connectivity index (χ0n) is 17.0. The second-order valence-electron chi connectivity index (χ2n) is 7.28. The fourth-order valence-corrected chi connectivity index (χ4v) is 3.26. The SMILES string of the molecule is CNC(=O)c1ccc(C(=O)Nc2cc(F)cc(CN3CCN(C)CC3)c2C)cn1. The van der Waals surface area contributed by atoms with Crippen LogP contribution in [0.15, 0.2) is 30.5 Å². The van der Waals surface area contributed by atoms with Gasteiger partial charge in [0, 0.05) is 51.7 Å².